The molecule has 0 spiro atoms. The van der Waals surface area contributed by atoms with Crippen LogP contribution in [0.25, 0.3) is 0 Å². The van der Waals surface area contributed by atoms with Gasteiger partial charge in [0.25, 0.3) is 5.97 Å². The lowest BCUT2D eigenvalue weighted by Gasteiger charge is -1.87. The number of rotatable bonds is 1. The van der Waals surface area contributed by atoms with Crippen LogP contribution in [0, 0.1) is 0 Å². The molecule has 0 amide bonds. The van der Waals surface area contributed by atoms with Crippen LogP contribution in [0.5, 0.6) is 0 Å². The minimum Gasteiger partial charge on any atom is -0.481 e. The van der Waals surface area contributed by atoms with Crippen molar-refractivity contribution in [1.82, 2.24) is 9.97 Å². The average Bonchev–Trinajstić information content (AvgIpc) is 2.05. The third-order valence-corrected chi connectivity index (χ3v) is 1.10. The summed E-state index contributed by atoms with van der Waals surface area (Å²) >= 11 is 4.01. The number of carboxylic acid groups (broad SMARTS) is 1. The van der Waals surface area contributed by atoms with Crippen molar-refractivity contribution in [2.45, 2.75) is 12.7 Å². The molecule has 12 heavy (non-hydrogen) atoms. The molecule has 0 radical (unpaired) electrons. The van der Waals surface area contributed by atoms with Gasteiger partial charge in [-0.15, -0.1) is 0 Å². The number of hydrogen-bond acceptors (Lipinski definition) is 4. The van der Waals surface area contributed by atoms with Gasteiger partial charge in [0, 0.05) is 31.3 Å². The number of aromatic nitrogens is 2. The zero-order valence-electron chi connectivity index (χ0n) is 6.64. The van der Waals surface area contributed by atoms with Gasteiger partial charge in [-0.25, -0.2) is 0 Å². The van der Waals surface area contributed by atoms with Crippen LogP contribution in [-0.2, 0) is 10.5 Å². The van der Waals surface area contributed by atoms with E-state index in [4.69, 9.17) is 9.90 Å². The summed E-state index contributed by atoms with van der Waals surface area (Å²) in [5, 5.41) is 7.42. The van der Waals surface area contributed by atoms with Crippen molar-refractivity contribution in [2.24, 2.45) is 0 Å². The van der Waals surface area contributed by atoms with Crippen molar-refractivity contribution >= 4 is 18.6 Å². The Morgan fingerprint density at radius 1 is 1.67 bits per heavy atom. The first-order valence-electron chi connectivity index (χ1n) is 3.22. The maximum absolute atomic E-state index is 9.00. The SMILES string of the molecule is CC(=O)O.SCc1cnccn1. The van der Waals surface area contributed by atoms with Gasteiger partial charge >= 0.3 is 0 Å². The molecule has 0 aliphatic carbocycles. The highest BCUT2D eigenvalue weighted by atomic mass is 32.1. The third-order valence-electron chi connectivity index (χ3n) is 0.779. The van der Waals surface area contributed by atoms with Gasteiger partial charge in [0.05, 0.1) is 5.69 Å². The van der Waals surface area contributed by atoms with Crippen molar-refractivity contribution in [3.05, 3.63) is 24.3 Å². The van der Waals surface area contributed by atoms with Crippen molar-refractivity contribution in [1.29, 1.82) is 0 Å². The molecule has 5 heteroatoms. The Labute approximate surface area is 76.1 Å². The normalized spacial score (nSPS) is 8.17. The lowest BCUT2D eigenvalue weighted by Crippen LogP contribution is -1.82. The number of thiol groups is 1. The number of aliphatic carboxylic acids is 1. The number of carboxylic acids is 1. The van der Waals surface area contributed by atoms with E-state index in [0.717, 1.165) is 12.6 Å². The summed E-state index contributed by atoms with van der Waals surface area (Å²) in [5.41, 5.74) is 0.913. The van der Waals surface area contributed by atoms with E-state index >= 15 is 0 Å². The predicted molar refractivity (Wildman–Crippen MR) is 48.0 cm³/mol. The number of hydrogen-bond donors (Lipinski definition) is 2. The van der Waals surface area contributed by atoms with Crippen LogP contribution >= 0.6 is 12.6 Å². The summed E-state index contributed by atoms with van der Waals surface area (Å²) in [4.78, 5) is 16.8. The van der Waals surface area contributed by atoms with Crippen LogP contribution in [0.15, 0.2) is 18.6 Å². The maximum atomic E-state index is 9.00. The first-order chi connectivity index (χ1) is 5.66. The summed E-state index contributed by atoms with van der Waals surface area (Å²) in [7, 11) is 0. The van der Waals surface area contributed by atoms with Crippen LogP contribution in [0.4, 0.5) is 0 Å². The Hall–Kier alpha value is -1.10. The molecule has 4 nitrogen and oxygen atoms in total. The second kappa shape index (κ2) is 6.60. The van der Waals surface area contributed by atoms with Gasteiger partial charge in [-0.05, 0) is 0 Å². The Kier molecular flexibility index (Phi) is 6.00. The van der Waals surface area contributed by atoms with Gasteiger partial charge in [-0.2, -0.15) is 12.6 Å². The van der Waals surface area contributed by atoms with Crippen LogP contribution in [-0.4, -0.2) is 21.0 Å². The highest BCUT2D eigenvalue weighted by molar-refractivity contribution is 7.79. The second-order valence-corrected chi connectivity index (χ2v) is 2.19. The van der Waals surface area contributed by atoms with Crippen molar-refractivity contribution in [3.63, 3.8) is 0 Å². The van der Waals surface area contributed by atoms with E-state index in [9.17, 15) is 0 Å². The molecule has 0 saturated carbocycles. The molecule has 0 atom stereocenters. The summed E-state index contributed by atoms with van der Waals surface area (Å²) in [6, 6.07) is 0. The van der Waals surface area contributed by atoms with Gasteiger partial charge < -0.3 is 5.11 Å². The van der Waals surface area contributed by atoms with Crippen LogP contribution in [0.2, 0.25) is 0 Å². The topological polar surface area (TPSA) is 63.1 Å². The monoisotopic (exact) mass is 186 g/mol. The molecule has 1 rings (SSSR count). The molecule has 0 bridgehead atoms. The average molecular weight is 186 g/mol. The fraction of sp³-hybridized carbons (Fsp3) is 0.286. The first kappa shape index (κ1) is 10.9. The summed E-state index contributed by atoms with van der Waals surface area (Å²) in [6.45, 7) is 1.08. The molecule has 0 fully saturated rings. The van der Waals surface area contributed by atoms with Gasteiger partial charge in [0.15, 0.2) is 0 Å². The first-order valence-corrected chi connectivity index (χ1v) is 3.85. The number of nitrogens with zero attached hydrogens (tertiary/aromatic N) is 2. The molecule has 0 aliphatic heterocycles. The molecular weight excluding hydrogens is 176 g/mol. The van der Waals surface area contributed by atoms with Gasteiger partial charge in [0.1, 0.15) is 0 Å². The molecule has 0 saturated heterocycles. The van der Waals surface area contributed by atoms with Gasteiger partial charge in [-0.1, -0.05) is 0 Å². The minimum atomic E-state index is -0.833. The molecule has 1 aromatic heterocycles. The quantitative estimate of drug-likeness (QED) is 0.642. The Bertz CT molecular complexity index is 224. The largest absolute Gasteiger partial charge is 0.481 e. The van der Waals surface area contributed by atoms with E-state index in [1.807, 2.05) is 0 Å². The Balaban J connectivity index is 0.000000261. The third kappa shape index (κ3) is 7.01. The fourth-order valence-corrected chi connectivity index (χ4v) is 0.575. The standard InChI is InChI=1S/C5H6N2S.C2H4O2/c8-4-5-3-6-1-2-7-5;1-2(3)4/h1-3,8H,4H2;1H3,(H,3,4). The van der Waals surface area contributed by atoms with E-state index in [1.165, 1.54) is 0 Å². The van der Waals surface area contributed by atoms with Gasteiger partial charge in [0.2, 0.25) is 0 Å². The summed E-state index contributed by atoms with van der Waals surface area (Å²) in [5.74, 6) is -0.173. The summed E-state index contributed by atoms with van der Waals surface area (Å²) < 4.78 is 0. The van der Waals surface area contributed by atoms with Crippen molar-refractivity contribution in [2.75, 3.05) is 0 Å². The minimum absolute atomic E-state index is 0.661. The van der Waals surface area contributed by atoms with E-state index < -0.39 is 5.97 Å². The lowest BCUT2D eigenvalue weighted by molar-refractivity contribution is -0.134. The smallest absolute Gasteiger partial charge is 0.300 e. The molecule has 0 unspecified atom stereocenters. The molecule has 0 aromatic carbocycles. The van der Waals surface area contributed by atoms with Crippen LogP contribution < -0.4 is 0 Å². The molecule has 1 aromatic rings. The van der Waals surface area contributed by atoms with Crippen molar-refractivity contribution < 1.29 is 9.90 Å². The Morgan fingerprint density at radius 2 is 2.25 bits per heavy atom. The number of carbonyl (C=O) groups is 1. The highest BCUT2D eigenvalue weighted by Crippen LogP contribution is 1.92. The molecular formula is C7H10N2O2S. The molecule has 66 valence electrons. The van der Waals surface area contributed by atoms with E-state index in [0.29, 0.717) is 5.75 Å². The lowest BCUT2D eigenvalue weighted by atomic mass is 10.5. The fourth-order valence-electron chi connectivity index (χ4n) is 0.412. The zero-order valence-corrected chi connectivity index (χ0v) is 7.53. The zero-order chi connectivity index (χ0) is 9.40. The maximum Gasteiger partial charge on any atom is 0.300 e. The molecule has 1 N–H and O–H groups in total. The summed E-state index contributed by atoms with van der Waals surface area (Å²) in [6.07, 6.45) is 5.01. The highest BCUT2D eigenvalue weighted by Gasteiger charge is 1.83. The Morgan fingerprint density at radius 3 is 2.50 bits per heavy atom. The van der Waals surface area contributed by atoms with Crippen LogP contribution in [0.1, 0.15) is 12.6 Å². The molecule has 0 aliphatic rings. The van der Waals surface area contributed by atoms with Gasteiger partial charge in [-0.3, -0.25) is 14.8 Å². The van der Waals surface area contributed by atoms with E-state index in [2.05, 4.69) is 22.6 Å². The van der Waals surface area contributed by atoms with Crippen molar-refractivity contribution in [3.8, 4) is 0 Å². The van der Waals surface area contributed by atoms with E-state index in [1.54, 1.807) is 18.6 Å². The second-order valence-electron chi connectivity index (χ2n) is 1.87. The van der Waals surface area contributed by atoms with E-state index in [-0.39, 0.29) is 0 Å². The van der Waals surface area contributed by atoms with Crippen LogP contribution in [0.3, 0.4) is 0 Å². The molecule has 1 heterocycles. The predicted octanol–water partition coefficient (Wildman–Crippen LogP) is 0.997.